The highest BCUT2D eigenvalue weighted by atomic mass is 15.2. The zero-order chi connectivity index (χ0) is 67.9. The third-order valence-electron chi connectivity index (χ3n) is 21.1. The molecule has 0 amide bonds. The molecular weight excluding hydrogens is 1240 g/mol. The van der Waals surface area contributed by atoms with Gasteiger partial charge in [0, 0.05) is 50.8 Å². The van der Waals surface area contributed by atoms with E-state index in [2.05, 4.69) is 392 Å². The Bertz CT molecular complexity index is 5830. The maximum absolute atomic E-state index is 5.96. The fourth-order valence-electron chi connectivity index (χ4n) is 16.2. The summed E-state index contributed by atoms with van der Waals surface area (Å²) in [7, 11) is 0. The molecule has 478 valence electrons. The molecule has 5 heteroatoms. The lowest BCUT2D eigenvalue weighted by Crippen LogP contribution is -2.61. The summed E-state index contributed by atoms with van der Waals surface area (Å²) >= 11 is 0. The van der Waals surface area contributed by atoms with Gasteiger partial charge in [0.05, 0.1) is 11.4 Å². The van der Waals surface area contributed by atoms with Crippen LogP contribution in [0, 0.1) is 0 Å². The Morgan fingerprint density at radius 1 is 0.194 bits per heavy atom. The van der Waals surface area contributed by atoms with E-state index >= 15 is 0 Å². The van der Waals surface area contributed by atoms with E-state index in [1.807, 2.05) is 0 Å². The zero-order valence-electron chi connectivity index (χ0n) is 56.2. The van der Waals surface area contributed by atoms with Crippen LogP contribution in [0.3, 0.4) is 0 Å². The van der Waals surface area contributed by atoms with Gasteiger partial charge in [-0.25, -0.2) is 9.97 Å². The summed E-state index contributed by atoms with van der Waals surface area (Å²) in [6.45, 7) is -0.229. The molecule has 0 aliphatic carbocycles. The molecule has 0 bridgehead atoms. The van der Waals surface area contributed by atoms with Crippen molar-refractivity contribution in [1.82, 2.24) is 9.97 Å². The van der Waals surface area contributed by atoms with E-state index in [4.69, 9.17) is 9.97 Å². The molecule has 0 unspecified atom stereocenters. The lowest BCUT2D eigenvalue weighted by atomic mass is 9.33. The average molecular weight is 1310 g/mol. The van der Waals surface area contributed by atoms with Crippen LogP contribution < -0.4 is 26.2 Å². The molecule has 0 atom stereocenters. The second-order valence-corrected chi connectivity index (χ2v) is 27.2. The van der Waals surface area contributed by atoms with Gasteiger partial charge >= 0.3 is 0 Å². The fraction of sp³-hybridized carbons (Fsp3) is 0. The average Bonchev–Trinajstić information content (AvgIpc) is 0.688. The van der Waals surface area contributed by atoms with Gasteiger partial charge in [-0.2, -0.15) is 0 Å². The van der Waals surface area contributed by atoms with Crippen LogP contribution in [0.1, 0.15) is 0 Å². The second-order valence-electron chi connectivity index (χ2n) is 27.2. The van der Waals surface area contributed by atoms with Crippen molar-refractivity contribution in [1.29, 1.82) is 0 Å². The minimum atomic E-state index is -0.229. The van der Waals surface area contributed by atoms with E-state index in [1.54, 1.807) is 0 Å². The van der Waals surface area contributed by atoms with Gasteiger partial charge in [0.15, 0.2) is 5.82 Å². The van der Waals surface area contributed by atoms with E-state index in [9.17, 15) is 0 Å². The van der Waals surface area contributed by atoms with Crippen LogP contribution in [-0.2, 0) is 0 Å². The summed E-state index contributed by atoms with van der Waals surface area (Å²) in [6.07, 6.45) is 0. The monoisotopic (exact) mass is 1310 g/mol. The number of benzene rings is 17. The molecule has 103 heavy (non-hydrogen) atoms. The predicted octanol–water partition coefficient (Wildman–Crippen LogP) is 24.2. The van der Waals surface area contributed by atoms with E-state index in [1.165, 1.54) is 70.6 Å². The summed E-state index contributed by atoms with van der Waals surface area (Å²) in [5.41, 5.74) is 28.1. The number of rotatable bonds is 11. The van der Waals surface area contributed by atoms with Crippen molar-refractivity contribution in [2.75, 3.05) is 9.80 Å². The third kappa shape index (κ3) is 10.6. The summed E-state index contributed by atoms with van der Waals surface area (Å²) in [5, 5.41) is 9.67. The zero-order valence-corrected chi connectivity index (χ0v) is 56.2. The van der Waals surface area contributed by atoms with Crippen molar-refractivity contribution in [3.8, 4) is 101 Å². The first-order valence-corrected chi connectivity index (χ1v) is 35.4. The third-order valence-corrected chi connectivity index (χ3v) is 21.1. The van der Waals surface area contributed by atoms with Crippen LogP contribution in [0.2, 0.25) is 0 Å². The van der Waals surface area contributed by atoms with E-state index in [0.29, 0.717) is 5.82 Å². The highest BCUT2D eigenvalue weighted by molar-refractivity contribution is 7.00. The Balaban J connectivity index is 0.908. The van der Waals surface area contributed by atoms with Crippen molar-refractivity contribution >= 4 is 100 Å². The lowest BCUT2D eigenvalue weighted by molar-refractivity contribution is 1.18. The SMILES string of the molecule is c1ccc(-c2ccc(N3c4cc5ccc6ccccc6c5cc4B4c5cc6c(ccc7ccccc76)cc5N(c5ccc(-c6ccccc6)cc5)c5cc(-c6nc(-c7cc(-c8ccccc8)cc(-c8ccccc8)c7)cc(-c7cc(-c8ccccc8)cc(-c8ccccc8)c7)n6)cc3c54)cc2)cc1. The Morgan fingerprint density at radius 2 is 0.495 bits per heavy atom. The molecule has 1 aromatic heterocycles. The molecule has 17 aromatic carbocycles. The summed E-state index contributed by atoms with van der Waals surface area (Å²) in [5.74, 6) is 0.603. The van der Waals surface area contributed by atoms with Gasteiger partial charge in [-0.1, -0.05) is 291 Å². The van der Waals surface area contributed by atoms with Gasteiger partial charge in [-0.05, 0) is 217 Å². The van der Waals surface area contributed by atoms with Gasteiger partial charge in [-0.15, -0.1) is 0 Å². The van der Waals surface area contributed by atoms with Gasteiger partial charge in [0.2, 0.25) is 0 Å². The van der Waals surface area contributed by atoms with Crippen LogP contribution in [0.25, 0.3) is 144 Å². The van der Waals surface area contributed by atoms with Crippen LogP contribution in [-0.4, -0.2) is 16.7 Å². The molecule has 2 aliphatic rings. The maximum atomic E-state index is 5.96. The minimum Gasteiger partial charge on any atom is -0.311 e. The normalized spacial score (nSPS) is 12.2. The quantitative estimate of drug-likeness (QED) is 0.0954. The molecule has 4 nitrogen and oxygen atoms in total. The van der Waals surface area contributed by atoms with Gasteiger partial charge < -0.3 is 9.80 Å². The van der Waals surface area contributed by atoms with Gasteiger partial charge in [0.1, 0.15) is 0 Å². The van der Waals surface area contributed by atoms with E-state index in [0.717, 1.165) is 118 Å². The smallest absolute Gasteiger partial charge is 0.252 e. The standard InChI is InChI=1S/C98H63BN4/c1-7-23-64(24-8-1)70-43-47-83(48-44-70)102-93-57-74-41-39-72-35-19-21-37-85(72)87(74)61-89(93)99-90-62-88-75(42-40-73-36-20-22-38-86(73)88)58-94(90)103(84-49-45-71(46-50-84)65-25-9-2-10-26-65)96-60-82(59-95(102)97(96)99)98-100-91(80-53-76(66-27-11-3-12-28-66)51-77(54-80)67-29-13-4-14-30-67)63-92(101-98)81-55-78(68-31-15-5-16-32-68)52-79(56-81)69-33-17-6-18-34-69/h1-63H. The van der Waals surface area contributed by atoms with Crippen molar-refractivity contribution in [2.24, 2.45) is 0 Å². The number of hydrogen-bond acceptors (Lipinski definition) is 4. The topological polar surface area (TPSA) is 32.3 Å². The number of anilines is 6. The highest BCUT2D eigenvalue weighted by Gasteiger charge is 2.44. The molecule has 0 spiro atoms. The van der Waals surface area contributed by atoms with Crippen LogP contribution in [0.15, 0.2) is 382 Å². The molecule has 20 rings (SSSR count). The predicted molar refractivity (Wildman–Crippen MR) is 435 cm³/mol. The maximum Gasteiger partial charge on any atom is 0.252 e. The fourth-order valence-corrected chi connectivity index (χ4v) is 16.2. The van der Waals surface area contributed by atoms with Gasteiger partial charge in [-0.3, -0.25) is 0 Å². The first kappa shape index (κ1) is 59.6. The first-order chi connectivity index (χ1) is 51.0. The molecule has 0 saturated heterocycles. The van der Waals surface area contributed by atoms with Crippen LogP contribution >= 0.6 is 0 Å². The minimum absolute atomic E-state index is 0.229. The highest BCUT2D eigenvalue weighted by Crippen LogP contribution is 2.49. The Hall–Kier alpha value is -13.5. The molecule has 0 radical (unpaired) electrons. The Morgan fingerprint density at radius 3 is 0.854 bits per heavy atom. The number of nitrogens with zero attached hydrogens (tertiary/aromatic N) is 4. The van der Waals surface area contributed by atoms with Crippen molar-refractivity contribution in [2.45, 2.75) is 0 Å². The summed E-state index contributed by atoms with van der Waals surface area (Å²) < 4.78 is 0. The molecule has 18 aromatic rings. The van der Waals surface area contributed by atoms with Crippen molar-refractivity contribution in [3.05, 3.63) is 382 Å². The van der Waals surface area contributed by atoms with Gasteiger partial charge in [0.25, 0.3) is 6.71 Å². The van der Waals surface area contributed by atoms with E-state index in [-0.39, 0.29) is 6.71 Å². The lowest BCUT2D eigenvalue weighted by Gasteiger charge is -2.44. The number of aromatic nitrogens is 2. The van der Waals surface area contributed by atoms with Crippen molar-refractivity contribution in [3.63, 3.8) is 0 Å². The Kier molecular flexibility index (Phi) is 14.3. The summed E-state index contributed by atoms with van der Waals surface area (Å²) in [4.78, 5) is 17.0. The molecule has 0 saturated carbocycles. The number of fused-ring (bicyclic) bond motifs is 10. The Labute approximate surface area is 599 Å². The van der Waals surface area contributed by atoms with Crippen molar-refractivity contribution < 1.29 is 0 Å². The van der Waals surface area contributed by atoms with Crippen LogP contribution in [0.5, 0.6) is 0 Å². The summed E-state index contributed by atoms with van der Waals surface area (Å²) in [6, 6.07) is 141. The molecule has 3 heterocycles. The molecule has 2 aliphatic heterocycles. The number of hydrogen-bond donors (Lipinski definition) is 0. The molecule has 0 fully saturated rings. The van der Waals surface area contributed by atoms with Crippen LogP contribution in [0.4, 0.5) is 34.1 Å². The largest absolute Gasteiger partial charge is 0.311 e. The van der Waals surface area contributed by atoms with E-state index < -0.39 is 0 Å². The molecular formula is C98H63BN4. The second kappa shape index (κ2) is 24.8. The molecule has 0 N–H and O–H groups in total. The first-order valence-electron chi connectivity index (χ1n) is 35.4.